The Bertz CT molecular complexity index is 463. The summed E-state index contributed by atoms with van der Waals surface area (Å²) in [6.07, 6.45) is -0.950. The quantitative estimate of drug-likeness (QED) is 0.812. The maximum atomic E-state index is 12.9. The fourth-order valence-corrected chi connectivity index (χ4v) is 2.11. The van der Waals surface area contributed by atoms with Gasteiger partial charge < -0.3 is 20.1 Å². The minimum Gasteiger partial charge on any atom is -0.392 e. The zero-order valence-corrected chi connectivity index (χ0v) is 13.5. The van der Waals surface area contributed by atoms with E-state index in [1.54, 1.807) is 24.0 Å². The van der Waals surface area contributed by atoms with Gasteiger partial charge in [0.05, 0.1) is 12.2 Å². The number of rotatable bonds is 7. The number of benzene rings is 1. The summed E-state index contributed by atoms with van der Waals surface area (Å²) in [5.41, 5.74) is 0.788. The van der Waals surface area contributed by atoms with Crippen LogP contribution in [0, 0.1) is 5.82 Å². The molecule has 5 nitrogen and oxygen atoms in total. The number of aliphatic hydroxyl groups excluding tert-OH is 1. The molecule has 2 unspecified atom stereocenters. The molecule has 2 N–H and O–H groups in total. The van der Waals surface area contributed by atoms with Crippen molar-refractivity contribution in [3.05, 3.63) is 35.6 Å². The van der Waals surface area contributed by atoms with E-state index < -0.39 is 6.10 Å². The van der Waals surface area contributed by atoms with Crippen LogP contribution in [0.15, 0.2) is 24.3 Å². The van der Waals surface area contributed by atoms with Crippen LogP contribution in [0.3, 0.4) is 0 Å². The predicted molar refractivity (Wildman–Crippen MR) is 83.1 cm³/mol. The van der Waals surface area contributed by atoms with Gasteiger partial charge in [-0.05, 0) is 38.5 Å². The Morgan fingerprint density at radius 1 is 1.32 bits per heavy atom. The van der Waals surface area contributed by atoms with E-state index in [4.69, 9.17) is 4.74 Å². The Morgan fingerprint density at radius 2 is 1.91 bits per heavy atom. The SMILES string of the molecule is COC(CNC(=O)N(CC(C)O)C(C)C)c1ccc(F)cc1. The first kappa shape index (κ1) is 18.4. The largest absolute Gasteiger partial charge is 0.392 e. The molecule has 1 rings (SSSR count). The molecule has 124 valence electrons. The summed E-state index contributed by atoms with van der Waals surface area (Å²) < 4.78 is 18.3. The summed E-state index contributed by atoms with van der Waals surface area (Å²) in [5.74, 6) is -0.314. The highest BCUT2D eigenvalue weighted by molar-refractivity contribution is 5.74. The highest BCUT2D eigenvalue weighted by Gasteiger charge is 2.20. The van der Waals surface area contributed by atoms with E-state index in [2.05, 4.69) is 5.32 Å². The van der Waals surface area contributed by atoms with Crippen LogP contribution in [0.5, 0.6) is 0 Å². The van der Waals surface area contributed by atoms with Crippen LogP contribution >= 0.6 is 0 Å². The van der Waals surface area contributed by atoms with E-state index in [0.29, 0.717) is 0 Å². The molecule has 0 saturated carbocycles. The minimum atomic E-state index is -0.594. The number of ether oxygens (including phenoxy) is 1. The number of amides is 2. The Morgan fingerprint density at radius 3 is 2.36 bits per heavy atom. The number of halogens is 1. The lowest BCUT2D eigenvalue weighted by molar-refractivity contribution is 0.0941. The number of hydrogen-bond acceptors (Lipinski definition) is 3. The first-order chi connectivity index (χ1) is 10.3. The number of nitrogens with zero attached hydrogens (tertiary/aromatic N) is 1. The van der Waals surface area contributed by atoms with Crippen LogP contribution in [0.25, 0.3) is 0 Å². The molecule has 0 heterocycles. The van der Waals surface area contributed by atoms with Crippen molar-refractivity contribution >= 4 is 6.03 Å². The van der Waals surface area contributed by atoms with Gasteiger partial charge in [0.1, 0.15) is 5.82 Å². The van der Waals surface area contributed by atoms with Crippen molar-refractivity contribution < 1.29 is 19.0 Å². The van der Waals surface area contributed by atoms with Gasteiger partial charge in [-0.1, -0.05) is 12.1 Å². The van der Waals surface area contributed by atoms with Gasteiger partial charge in [0, 0.05) is 26.2 Å². The minimum absolute atomic E-state index is 0.0265. The van der Waals surface area contributed by atoms with Crippen LogP contribution in [-0.4, -0.2) is 48.4 Å². The number of carbonyl (C=O) groups is 1. The van der Waals surface area contributed by atoms with Gasteiger partial charge in [0.25, 0.3) is 0 Å². The molecular formula is C16H25FN2O3. The van der Waals surface area contributed by atoms with Crippen LogP contribution in [0.1, 0.15) is 32.4 Å². The number of urea groups is 1. The fraction of sp³-hybridized carbons (Fsp3) is 0.562. The monoisotopic (exact) mass is 312 g/mol. The third-order valence-electron chi connectivity index (χ3n) is 3.31. The highest BCUT2D eigenvalue weighted by Crippen LogP contribution is 2.16. The predicted octanol–water partition coefficient (Wildman–Crippen LogP) is 2.31. The average molecular weight is 312 g/mol. The average Bonchev–Trinajstić information content (AvgIpc) is 2.46. The lowest BCUT2D eigenvalue weighted by atomic mass is 10.1. The summed E-state index contributed by atoms with van der Waals surface area (Å²) in [6, 6.07) is 5.69. The van der Waals surface area contributed by atoms with E-state index in [9.17, 15) is 14.3 Å². The summed E-state index contributed by atoms with van der Waals surface area (Å²) in [5, 5.41) is 12.3. The molecule has 0 aliphatic heterocycles. The Hall–Kier alpha value is -1.66. The van der Waals surface area contributed by atoms with Crippen LogP contribution in [-0.2, 0) is 4.74 Å². The van der Waals surface area contributed by atoms with Crippen LogP contribution in [0.2, 0.25) is 0 Å². The van der Waals surface area contributed by atoms with E-state index >= 15 is 0 Å². The van der Waals surface area contributed by atoms with Gasteiger partial charge in [-0.25, -0.2) is 9.18 Å². The maximum absolute atomic E-state index is 12.9. The number of methoxy groups -OCH3 is 1. The zero-order valence-electron chi connectivity index (χ0n) is 13.5. The van der Waals surface area contributed by atoms with E-state index in [0.717, 1.165) is 5.56 Å². The zero-order chi connectivity index (χ0) is 16.7. The lowest BCUT2D eigenvalue weighted by Gasteiger charge is -2.29. The highest BCUT2D eigenvalue weighted by atomic mass is 19.1. The van der Waals surface area contributed by atoms with E-state index in [-0.39, 0.29) is 37.1 Å². The van der Waals surface area contributed by atoms with Gasteiger partial charge in [0.15, 0.2) is 0 Å². The molecule has 0 bridgehead atoms. The van der Waals surface area contributed by atoms with Crippen molar-refractivity contribution in [1.82, 2.24) is 10.2 Å². The standard InChI is InChI=1S/C16H25FN2O3/c1-11(2)19(10-12(3)20)16(21)18-9-15(22-4)13-5-7-14(17)8-6-13/h5-8,11-12,15,20H,9-10H2,1-4H3,(H,18,21). The molecule has 2 amide bonds. The van der Waals surface area contributed by atoms with Crippen molar-refractivity contribution in [3.8, 4) is 0 Å². The third-order valence-corrected chi connectivity index (χ3v) is 3.31. The normalized spacial score (nSPS) is 13.8. The van der Waals surface area contributed by atoms with Crippen LogP contribution in [0.4, 0.5) is 9.18 Å². The van der Waals surface area contributed by atoms with Crippen molar-refractivity contribution in [1.29, 1.82) is 0 Å². The summed E-state index contributed by atoms with van der Waals surface area (Å²) in [6.45, 7) is 5.94. The molecule has 0 radical (unpaired) electrons. The summed E-state index contributed by atoms with van der Waals surface area (Å²) >= 11 is 0. The smallest absolute Gasteiger partial charge is 0.317 e. The van der Waals surface area contributed by atoms with Gasteiger partial charge >= 0.3 is 6.03 Å². The van der Waals surface area contributed by atoms with E-state index in [1.165, 1.54) is 19.2 Å². The number of hydrogen-bond donors (Lipinski definition) is 2. The molecule has 0 fully saturated rings. The number of aliphatic hydroxyl groups is 1. The first-order valence-electron chi connectivity index (χ1n) is 7.36. The lowest BCUT2D eigenvalue weighted by Crippen LogP contribution is -2.47. The molecule has 0 aliphatic carbocycles. The van der Waals surface area contributed by atoms with Crippen LogP contribution < -0.4 is 5.32 Å². The molecule has 2 atom stereocenters. The van der Waals surface area contributed by atoms with Gasteiger partial charge in [-0.2, -0.15) is 0 Å². The van der Waals surface area contributed by atoms with Gasteiger partial charge in [-0.3, -0.25) is 0 Å². The number of nitrogens with one attached hydrogen (secondary N) is 1. The number of carbonyl (C=O) groups excluding carboxylic acids is 1. The second-order valence-corrected chi connectivity index (χ2v) is 5.56. The molecule has 1 aromatic carbocycles. The van der Waals surface area contributed by atoms with Gasteiger partial charge in [-0.15, -0.1) is 0 Å². The Labute approximate surface area is 131 Å². The first-order valence-corrected chi connectivity index (χ1v) is 7.36. The molecule has 0 spiro atoms. The Balaban J connectivity index is 2.64. The molecule has 0 saturated heterocycles. The molecule has 0 aliphatic rings. The molecule has 22 heavy (non-hydrogen) atoms. The maximum Gasteiger partial charge on any atom is 0.317 e. The molecular weight excluding hydrogens is 287 g/mol. The summed E-state index contributed by atoms with van der Waals surface area (Å²) in [7, 11) is 1.54. The van der Waals surface area contributed by atoms with Crippen molar-refractivity contribution in [2.45, 2.75) is 39.0 Å². The second-order valence-electron chi connectivity index (χ2n) is 5.56. The van der Waals surface area contributed by atoms with Crippen molar-refractivity contribution in [2.24, 2.45) is 0 Å². The fourth-order valence-electron chi connectivity index (χ4n) is 2.11. The van der Waals surface area contributed by atoms with Crippen molar-refractivity contribution in [3.63, 3.8) is 0 Å². The van der Waals surface area contributed by atoms with Crippen molar-refractivity contribution in [2.75, 3.05) is 20.2 Å². The summed E-state index contributed by atoms with van der Waals surface area (Å²) in [4.78, 5) is 13.8. The second kappa shape index (κ2) is 8.70. The molecule has 1 aromatic rings. The third kappa shape index (κ3) is 5.61. The molecule has 6 heteroatoms. The van der Waals surface area contributed by atoms with E-state index in [1.807, 2.05) is 13.8 Å². The molecule has 0 aromatic heterocycles. The Kier molecular flexibility index (Phi) is 7.27. The van der Waals surface area contributed by atoms with Gasteiger partial charge in [0.2, 0.25) is 0 Å². The topological polar surface area (TPSA) is 61.8 Å².